The molecule has 3 N–H and O–H groups in total. The third kappa shape index (κ3) is 3.09. The van der Waals surface area contributed by atoms with Gasteiger partial charge >= 0.3 is 0 Å². The molecule has 0 radical (unpaired) electrons. The van der Waals surface area contributed by atoms with E-state index in [2.05, 4.69) is 15.4 Å². The van der Waals surface area contributed by atoms with E-state index in [1.807, 2.05) is 6.92 Å². The Bertz CT molecular complexity index is 495. The molecule has 0 aliphatic rings. The maximum atomic E-state index is 12.8. The summed E-state index contributed by atoms with van der Waals surface area (Å²) in [5.41, 5.74) is 4.65. The third-order valence-corrected chi connectivity index (χ3v) is 2.67. The second-order valence-electron chi connectivity index (χ2n) is 4.17. The SMILES string of the molecule is Cc1cnc(C(Cc2ccc(F)cc2)NN)nc1. The number of halogens is 1. The zero-order valence-electron chi connectivity index (χ0n) is 10.1. The van der Waals surface area contributed by atoms with E-state index in [9.17, 15) is 4.39 Å². The highest BCUT2D eigenvalue weighted by atomic mass is 19.1. The topological polar surface area (TPSA) is 63.8 Å². The Morgan fingerprint density at radius 2 is 1.83 bits per heavy atom. The summed E-state index contributed by atoms with van der Waals surface area (Å²) >= 11 is 0. The van der Waals surface area contributed by atoms with Crippen molar-refractivity contribution in [2.24, 2.45) is 5.84 Å². The first-order chi connectivity index (χ1) is 8.69. The molecule has 0 fully saturated rings. The Morgan fingerprint density at radius 1 is 1.22 bits per heavy atom. The van der Waals surface area contributed by atoms with Gasteiger partial charge in [0.05, 0.1) is 6.04 Å². The Balaban J connectivity index is 2.14. The number of hydrazine groups is 1. The molecule has 0 amide bonds. The van der Waals surface area contributed by atoms with Crippen molar-refractivity contribution in [2.45, 2.75) is 19.4 Å². The van der Waals surface area contributed by atoms with Crippen LogP contribution >= 0.6 is 0 Å². The summed E-state index contributed by atoms with van der Waals surface area (Å²) in [4.78, 5) is 8.47. The Kier molecular flexibility index (Phi) is 3.96. The molecule has 1 heterocycles. The zero-order chi connectivity index (χ0) is 13.0. The summed E-state index contributed by atoms with van der Waals surface area (Å²) in [5.74, 6) is 5.90. The van der Waals surface area contributed by atoms with Gasteiger partial charge in [-0.15, -0.1) is 0 Å². The molecule has 0 spiro atoms. The molecule has 0 aliphatic carbocycles. The largest absolute Gasteiger partial charge is 0.271 e. The summed E-state index contributed by atoms with van der Waals surface area (Å²) in [6, 6.07) is 6.13. The first-order valence-electron chi connectivity index (χ1n) is 5.68. The van der Waals surface area contributed by atoms with Gasteiger partial charge in [0.15, 0.2) is 0 Å². The van der Waals surface area contributed by atoms with Crippen molar-refractivity contribution in [1.82, 2.24) is 15.4 Å². The maximum absolute atomic E-state index is 12.8. The normalized spacial score (nSPS) is 12.4. The van der Waals surface area contributed by atoms with Gasteiger partial charge in [0.1, 0.15) is 11.6 Å². The van der Waals surface area contributed by atoms with Gasteiger partial charge in [0.25, 0.3) is 0 Å². The quantitative estimate of drug-likeness (QED) is 0.636. The Hall–Kier alpha value is -1.85. The van der Waals surface area contributed by atoms with Crippen LogP contribution in [0.15, 0.2) is 36.7 Å². The van der Waals surface area contributed by atoms with Crippen LogP contribution in [0, 0.1) is 12.7 Å². The first-order valence-corrected chi connectivity index (χ1v) is 5.68. The molecule has 2 rings (SSSR count). The molecule has 5 heteroatoms. The predicted octanol–water partition coefficient (Wildman–Crippen LogP) is 1.67. The highest BCUT2D eigenvalue weighted by Gasteiger charge is 2.13. The minimum absolute atomic E-state index is 0.184. The highest BCUT2D eigenvalue weighted by molar-refractivity contribution is 5.18. The van der Waals surface area contributed by atoms with Gasteiger partial charge in [-0.1, -0.05) is 12.1 Å². The van der Waals surface area contributed by atoms with E-state index in [1.54, 1.807) is 24.5 Å². The predicted molar refractivity (Wildman–Crippen MR) is 66.9 cm³/mol. The van der Waals surface area contributed by atoms with Gasteiger partial charge < -0.3 is 0 Å². The van der Waals surface area contributed by atoms with Crippen LogP contribution in [0.2, 0.25) is 0 Å². The van der Waals surface area contributed by atoms with Crippen LogP contribution in [0.1, 0.15) is 23.0 Å². The van der Waals surface area contributed by atoms with Crippen LogP contribution in [-0.4, -0.2) is 9.97 Å². The van der Waals surface area contributed by atoms with Crippen LogP contribution < -0.4 is 11.3 Å². The van der Waals surface area contributed by atoms with Gasteiger partial charge in [-0.05, 0) is 36.6 Å². The van der Waals surface area contributed by atoms with Crippen molar-refractivity contribution in [3.63, 3.8) is 0 Å². The second kappa shape index (κ2) is 5.66. The summed E-state index contributed by atoms with van der Waals surface area (Å²) in [7, 11) is 0. The van der Waals surface area contributed by atoms with E-state index in [0.717, 1.165) is 11.1 Å². The molecule has 1 aromatic carbocycles. The fourth-order valence-corrected chi connectivity index (χ4v) is 1.66. The van der Waals surface area contributed by atoms with E-state index >= 15 is 0 Å². The monoisotopic (exact) mass is 246 g/mol. The average molecular weight is 246 g/mol. The molecule has 1 aromatic heterocycles. The second-order valence-corrected chi connectivity index (χ2v) is 4.17. The van der Waals surface area contributed by atoms with Gasteiger partial charge in [-0.3, -0.25) is 5.84 Å². The molecule has 4 nitrogen and oxygen atoms in total. The number of nitrogens with one attached hydrogen (secondary N) is 1. The van der Waals surface area contributed by atoms with Crippen LogP contribution in [0.3, 0.4) is 0 Å². The summed E-state index contributed by atoms with van der Waals surface area (Å²) < 4.78 is 12.8. The van der Waals surface area contributed by atoms with Crippen LogP contribution in [0.5, 0.6) is 0 Å². The number of rotatable bonds is 4. The minimum atomic E-state index is -0.248. The maximum Gasteiger partial charge on any atom is 0.146 e. The number of nitrogens with zero attached hydrogens (tertiary/aromatic N) is 2. The number of hydrogen-bond donors (Lipinski definition) is 2. The molecule has 94 valence electrons. The molecule has 2 aromatic rings. The molecule has 0 bridgehead atoms. The zero-order valence-corrected chi connectivity index (χ0v) is 10.1. The number of aromatic nitrogens is 2. The summed E-state index contributed by atoms with van der Waals surface area (Å²) in [6.07, 6.45) is 4.11. The van der Waals surface area contributed by atoms with Crippen molar-refractivity contribution in [2.75, 3.05) is 0 Å². The smallest absolute Gasteiger partial charge is 0.146 e. The number of nitrogens with two attached hydrogens (primary N) is 1. The van der Waals surface area contributed by atoms with Crippen molar-refractivity contribution in [3.8, 4) is 0 Å². The molecule has 0 saturated heterocycles. The third-order valence-electron chi connectivity index (χ3n) is 2.67. The molecule has 0 aliphatic heterocycles. The molecular weight excluding hydrogens is 231 g/mol. The Labute approximate surface area is 105 Å². The molecule has 1 atom stereocenters. The van der Waals surface area contributed by atoms with E-state index < -0.39 is 0 Å². The highest BCUT2D eigenvalue weighted by Crippen LogP contribution is 2.14. The van der Waals surface area contributed by atoms with Gasteiger partial charge in [-0.25, -0.2) is 19.8 Å². The fourth-order valence-electron chi connectivity index (χ4n) is 1.66. The van der Waals surface area contributed by atoms with E-state index in [0.29, 0.717) is 12.2 Å². The van der Waals surface area contributed by atoms with Crippen LogP contribution in [-0.2, 0) is 6.42 Å². The minimum Gasteiger partial charge on any atom is -0.271 e. The lowest BCUT2D eigenvalue weighted by Gasteiger charge is -2.14. The lowest BCUT2D eigenvalue weighted by atomic mass is 10.1. The number of hydrogen-bond acceptors (Lipinski definition) is 4. The molecule has 18 heavy (non-hydrogen) atoms. The molecule has 0 saturated carbocycles. The molecular formula is C13H15FN4. The van der Waals surface area contributed by atoms with Crippen molar-refractivity contribution in [3.05, 3.63) is 59.4 Å². The average Bonchev–Trinajstić information content (AvgIpc) is 2.39. The van der Waals surface area contributed by atoms with Gasteiger partial charge in [-0.2, -0.15) is 0 Å². The Morgan fingerprint density at radius 3 is 2.39 bits per heavy atom. The standard InChI is InChI=1S/C13H15FN4/c1-9-7-16-13(17-8-9)12(18-15)6-10-2-4-11(14)5-3-10/h2-5,7-8,12,18H,6,15H2,1H3. The summed E-state index contributed by atoms with van der Waals surface area (Å²) in [6.45, 7) is 1.93. The van der Waals surface area contributed by atoms with Gasteiger partial charge in [0.2, 0.25) is 0 Å². The fraction of sp³-hybridized carbons (Fsp3) is 0.231. The van der Waals surface area contributed by atoms with Crippen LogP contribution in [0.25, 0.3) is 0 Å². The summed E-state index contributed by atoms with van der Waals surface area (Å²) in [5, 5.41) is 0. The number of benzene rings is 1. The van der Waals surface area contributed by atoms with E-state index in [-0.39, 0.29) is 11.9 Å². The molecule has 1 unspecified atom stereocenters. The van der Waals surface area contributed by atoms with Crippen molar-refractivity contribution in [1.29, 1.82) is 0 Å². The first kappa shape index (κ1) is 12.6. The van der Waals surface area contributed by atoms with Crippen molar-refractivity contribution >= 4 is 0 Å². The van der Waals surface area contributed by atoms with Crippen LogP contribution in [0.4, 0.5) is 4.39 Å². The van der Waals surface area contributed by atoms with E-state index in [4.69, 9.17) is 5.84 Å². The van der Waals surface area contributed by atoms with Crippen molar-refractivity contribution < 1.29 is 4.39 Å². The lowest BCUT2D eigenvalue weighted by Crippen LogP contribution is -2.31. The number of aryl methyl sites for hydroxylation is 1. The lowest BCUT2D eigenvalue weighted by molar-refractivity contribution is 0.521. The van der Waals surface area contributed by atoms with Gasteiger partial charge in [0, 0.05) is 12.4 Å². The van der Waals surface area contributed by atoms with E-state index in [1.165, 1.54) is 12.1 Å².